The Labute approximate surface area is 895 Å². The average molecular weight is 2060 g/mol. The lowest BCUT2D eigenvalue weighted by Gasteiger charge is -2.69. The minimum absolute atomic E-state index is 0.00131. The smallest absolute Gasteiger partial charge is 0.303 e. The second-order valence-corrected chi connectivity index (χ2v) is 54.8. The molecule has 13 N–H and O–H groups in total. The van der Waals surface area contributed by atoms with Crippen molar-refractivity contribution < 1.29 is 82.8 Å². The molecule has 0 aromatic heterocycles. The van der Waals surface area contributed by atoms with Crippen molar-refractivity contribution in [2.24, 2.45) is 183 Å². The Morgan fingerprint density at radius 2 is 0.570 bits per heavy atom. The summed E-state index contributed by atoms with van der Waals surface area (Å²) in [4.78, 5) is 101. The van der Waals surface area contributed by atoms with Gasteiger partial charge in [0.2, 0.25) is 0 Å². The number of esters is 4. The Hall–Kier alpha value is -6.92. The SMILES string of the molecule is CC(=O)O[C@H]1C[C@@]2(C)[C@@H](C[C@@H](O)[C@H]3[C@@]4(C)CC[C@@H](O)[C@@H](CN)[C@@H]4CC[C@@]32C)/C1=C(\C=C\C=C(C)C)C(C)=O.CC(=O)O[C@H]1C[C@@]2(C)[C@@H](C[C@H](N)[C@H]3[C@@]4(C)CC[C@@H](O)[C@@H](C)[C@@H]4CC[C@@]32C)/C1=C(\C=C\C=C(C)C)C(C)=O.CC(=O)O[C@H]1C[C@@]2(C)[C@H](/C1=C(\C=C\C=C(C)C)C(C)=O)[C@@H](N)C[C@H]1[C@@]3(C)CC[C@@H](O)[C@@H](C)[C@@H]3CC[C@@]12C.CC(=O)O[C@H]1C[C@@]2(C)[C@H](/C1=C(\C=C\C=C(C)C)C(C)=O)[C@H](N)C[C@H]1[C@@]3(C)CC[C@@H](O)[C@@H](C)[C@@H]3CC[C@@]12C. The van der Waals surface area contributed by atoms with E-state index in [-0.39, 0.29) is 202 Å². The average Bonchev–Trinajstić information content (AvgIpc) is 1.59. The van der Waals surface area contributed by atoms with Gasteiger partial charge in [-0.1, -0.05) is 199 Å². The zero-order valence-corrected chi connectivity index (χ0v) is 97.2. The summed E-state index contributed by atoms with van der Waals surface area (Å²) < 4.78 is 23.9. The third kappa shape index (κ3) is 20.7. The van der Waals surface area contributed by atoms with Crippen LogP contribution in [-0.4, -0.2) is 152 Å². The van der Waals surface area contributed by atoms with Crippen LogP contribution >= 0.6 is 0 Å². The summed E-state index contributed by atoms with van der Waals surface area (Å²) in [5.41, 5.74) is 37.5. The normalized spacial score (nSPS) is 46.3. The summed E-state index contributed by atoms with van der Waals surface area (Å²) in [6.45, 7) is 64.3. The van der Waals surface area contributed by atoms with Gasteiger partial charge in [0.05, 0.1) is 30.5 Å². The van der Waals surface area contributed by atoms with Gasteiger partial charge in [-0.3, -0.25) is 38.4 Å². The number of rotatable bonds is 17. The molecule has 0 radical (unpaired) electrons. The van der Waals surface area contributed by atoms with E-state index in [1.807, 2.05) is 128 Å². The molecule has 0 spiro atoms. The molecule has 0 unspecified atom stereocenters. The van der Waals surface area contributed by atoms with E-state index in [2.05, 4.69) is 104 Å². The number of carbonyl (C=O) groups is 8. The number of allylic oxidation sites excluding steroid dienone is 20. The van der Waals surface area contributed by atoms with E-state index in [0.29, 0.717) is 108 Å². The Morgan fingerprint density at radius 3 is 0.886 bits per heavy atom. The summed E-state index contributed by atoms with van der Waals surface area (Å²) >= 11 is 0. The van der Waals surface area contributed by atoms with E-state index < -0.39 is 30.5 Å². The highest BCUT2D eigenvalue weighted by Gasteiger charge is 2.77. The van der Waals surface area contributed by atoms with E-state index in [4.69, 9.17) is 41.9 Å². The van der Waals surface area contributed by atoms with Crippen molar-refractivity contribution in [3.8, 4) is 0 Å². The molecule has 0 bridgehead atoms. The molecule has 0 aromatic carbocycles. The highest BCUT2D eigenvalue weighted by Crippen LogP contribution is 2.80. The number of ether oxygens (including phenoxy) is 4. The lowest BCUT2D eigenvalue weighted by atomic mass is 9.36. The van der Waals surface area contributed by atoms with Crippen molar-refractivity contribution in [1.29, 1.82) is 0 Å². The molecule has 16 saturated carbocycles. The first kappa shape index (κ1) is 119. The van der Waals surface area contributed by atoms with E-state index in [1.54, 1.807) is 27.7 Å². The first-order valence-corrected chi connectivity index (χ1v) is 57.5. The number of aliphatic hydroxyl groups excluding tert-OH is 5. The number of nitrogens with two attached hydrogens (primary N) is 4. The maximum Gasteiger partial charge on any atom is 0.303 e. The number of hydrogen-bond acceptors (Lipinski definition) is 21. The molecular formula is C128H196N4O17. The predicted molar refractivity (Wildman–Crippen MR) is 591 cm³/mol. The quantitative estimate of drug-likeness (QED) is 0.0283. The molecular weight excluding hydrogens is 1870 g/mol. The van der Waals surface area contributed by atoms with Crippen molar-refractivity contribution in [2.45, 2.75) is 442 Å². The molecule has 21 nitrogen and oxygen atoms in total. The highest BCUT2D eigenvalue weighted by atomic mass is 16.6. The molecule has 0 heterocycles. The van der Waals surface area contributed by atoms with Gasteiger partial charge in [0, 0.05) is 85.9 Å². The Balaban J connectivity index is 0.000000166. The first-order chi connectivity index (χ1) is 69.2. The molecule has 0 aliphatic heterocycles. The molecule has 16 aliphatic carbocycles. The number of ketones is 4. The maximum atomic E-state index is 13.1. The molecule has 0 saturated heterocycles. The number of carbonyl (C=O) groups excluding carboxylic acids is 8. The van der Waals surface area contributed by atoms with E-state index >= 15 is 0 Å². The van der Waals surface area contributed by atoms with E-state index in [1.165, 1.54) is 27.7 Å². The van der Waals surface area contributed by atoms with Gasteiger partial charge in [-0.2, -0.15) is 0 Å². The largest absolute Gasteiger partial charge is 0.458 e. The van der Waals surface area contributed by atoms with Crippen LogP contribution in [0, 0.1) is 160 Å². The van der Waals surface area contributed by atoms with Crippen LogP contribution in [0.3, 0.4) is 0 Å². The standard InChI is InChI=1S/C32H49NO5.3C32H49NO4/c1-18(2)9-8-10-21(19(3)34)28-24-15-26(37)29-30(5)13-12-25(36)22(17-33)23(30)11-14-31(29,6)32(24,7)16-27(28)38-20(4)35;1-18(2)10-9-11-22(20(4)34)28-24-16-25(33)29-30(6)14-13-26(36)19(3)23(30)12-15-31(29,7)32(24,8)17-27(28)37-21(5)35;2*1-18(2)10-9-11-22(20(4)34)28-26(37-21(5)35)17-32(8)29(28)24(33)16-27-30(6)14-13-25(36)19(3)23(30)12-15-31(27,32)7/h8-10,22-27,29,36-37H,11-17,33H2,1-7H3;3*9-11,19,23-27,29,36H,12-17,33H2,1-8H3/b10-8+,28-21-;11-9+,28-22-;2*11-9+,28-22+/t22-,23-,24-,25+,26+,27-,29-,30-,31-,32-;19-,23-,24-,25-,26+,27-,29-,30-,31-,32-;19-,23-,24+,25+,26-,27-,29-,30-,31-,32-;19-,23-,24-,25+,26-,27-,29-,30-,31-,32-/m0000/s1. The van der Waals surface area contributed by atoms with Crippen LogP contribution in [0.15, 0.2) is 140 Å². The van der Waals surface area contributed by atoms with Crippen LogP contribution in [0.5, 0.6) is 0 Å². The second-order valence-electron chi connectivity index (χ2n) is 54.8. The van der Waals surface area contributed by atoms with Crippen molar-refractivity contribution in [3.63, 3.8) is 0 Å². The minimum Gasteiger partial charge on any atom is -0.458 e. The number of aliphatic hydroxyl groups is 5. The van der Waals surface area contributed by atoms with Crippen LogP contribution in [0.2, 0.25) is 0 Å². The van der Waals surface area contributed by atoms with Gasteiger partial charge in [0.25, 0.3) is 0 Å². The fraction of sp³-hybridized carbons (Fsp3) is 0.750. The topological polar surface area (TPSA) is 379 Å². The lowest BCUT2D eigenvalue weighted by molar-refractivity contribution is -0.234. The van der Waals surface area contributed by atoms with Crippen molar-refractivity contribution in [1.82, 2.24) is 0 Å². The fourth-order valence-electron chi connectivity index (χ4n) is 38.8. The molecule has 40 atom stereocenters. The highest BCUT2D eigenvalue weighted by molar-refractivity contribution is 5.99. The summed E-state index contributed by atoms with van der Waals surface area (Å²) in [7, 11) is 0. The zero-order chi connectivity index (χ0) is 111. The molecule has 21 heteroatoms. The monoisotopic (exact) mass is 2060 g/mol. The first-order valence-electron chi connectivity index (χ1n) is 57.5. The lowest BCUT2D eigenvalue weighted by Crippen LogP contribution is -2.67. The predicted octanol–water partition coefficient (Wildman–Crippen LogP) is 22.6. The van der Waals surface area contributed by atoms with Crippen LogP contribution in [0.25, 0.3) is 0 Å². The van der Waals surface area contributed by atoms with E-state index in [0.717, 1.165) is 167 Å². The fourth-order valence-corrected chi connectivity index (χ4v) is 38.8. The second kappa shape index (κ2) is 44.3. The van der Waals surface area contributed by atoms with Gasteiger partial charge in [-0.25, -0.2) is 0 Å². The Morgan fingerprint density at radius 1 is 0.302 bits per heavy atom. The molecule has 0 aromatic rings. The van der Waals surface area contributed by atoms with Crippen LogP contribution in [0.1, 0.15) is 369 Å². The van der Waals surface area contributed by atoms with Gasteiger partial charge in [0.15, 0.2) is 23.1 Å². The summed E-state index contributed by atoms with van der Waals surface area (Å²) in [6.07, 6.45) is 41.2. The van der Waals surface area contributed by atoms with E-state index in [9.17, 15) is 63.9 Å². The Bertz CT molecular complexity index is 5320. The molecule has 0 amide bonds. The minimum atomic E-state index is -0.555. The van der Waals surface area contributed by atoms with Gasteiger partial charge in [-0.05, 0) is 408 Å². The van der Waals surface area contributed by atoms with Gasteiger partial charge in [0.1, 0.15) is 24.4 Å². The third-order valence-corrected chi connectivity index (χ3v) is 45.9. The van der Waals surface area contributed by atoms with Gasteiger partial charge < -0.3 is 67.4 Å². The van der Waals surface area contributed by atoms with Crippen molar-refractivity contribution in [2.75, 3.05) is 6.54 Å². The summed E-state index contributed by atoms with van der Waals surface area (Å²) in [5, 5.41) is 54.8. The molecule has 16 fully saturated rings. The maximum absolute atomic E-state index is 13.1. The molecule has 16 rings (SSSR count). The molecule has 149 heavy (non-hydrogen) atoms. The van der Waals surface area contributed by atoms with Crippen LogP contribution < -0.4 is 22.9 Å². The third-order valence-electron chi connectivity index (χ3n) is 45.9. The van der Waals surface area contributed by atoms with Crippen LogP contribution in [0.4, 0.5) is 0 Å². The summed E-state index contributed by atoms with van der Waals surface area (Å²) in [5.74, 6) is 2.39. The zero-order valence-electron chi connectivity index (χ0n) is 97.2. The molecule has 16 aliphatic rings. The number of hydrogen-bond donors (Lipinski definition) is 9. The number of Topliss-reactive ketones (excluding diaryl/α,β-unsaturated/α-hetero) is 4. The number of fused-ring (bicyclic) bond motifs is 20. The molecule has 830 valence electrons. The van der Waals surface area contributed by atoms with Crippen LogP contribution in [-0.2, 0) is 57.3 Å². The van der Waals surface area contributed by atoms with Gasteiger partial charge in [-0.15, -0.1) is 0 Å². The van der Waals surface area contributed by atoms with Crippen molar-refractivity contribution in [3.05, 3.63) is 140 Å². The van der Waals surface area contributed by atoms with Crippen molar-refractivity contribution >= 4 is 47.0 Å². The Kier molecular flexibility index (Phi) is 35.4. The van der Waals surface area contributed by atoms with Gasteiger partial charge >= 0.3 is 23.9 Å². The summed E-state index contributed by atoms with van der Waals surface area (Å²) in [6, 6.07) is -0.260.